The Morgan fingerprint density at radius 1 is 0.897 bits per heavy atom. The largest absolute Gasteiger partial charge is 0.493 e. The Hall–Kier alpha value is -3.18. The van der Waals surface area contributed by atoms with Crippen LogP contribution in [0.2, 0.25) is 5.02 Å². The van der Waals surface area contributed by atoms with Crippen molar-refractivity contribution < 1.29 is 19.0 Å². The summed E-state index contributed by atoms with van der Waals surface area (Å²) >= 11 is 6.32. The van der Waals surface area contributed by atoms with E-state index in [2.05, 4.69) is 5.32 Å². The maximum Gasteiger partial charge on any atom is 0.258 e. The molecule has 0 aliphatic rings. The molecule has 0 atom stereocenters. The summed E-state index contributed by atoms with van der Waals surface area (Å²) in [5.74, 6) is 1.40. The Labute approximate surface area is 175 Å². The topological polar surface area (TPSA) is 56.8 Å². The molecule has 0 saturated carbocycles. The second-order valence-electron chi connectivity index (χ2n) is 6.23. The highest BCUT2D eigenvalue weighted by Gasteiger charge is 2.12. The second-order valence-corrected chi connectivity index (χ2v) is 6.64. The van der Waals surface area contributed by atoms with Crippen molar-refractivity contribution in [1.82, 2.24) is 5.32 Å². The lowest BCUT2D eigenvalue weighted by atomic mass is 10.1. The van der Waals surface area contributed by atoms with Gasteiger partial charge in [0.15, 0.2) is 18.1 Å². The number of hydrogen-bond acceptors (Lipinski definition) is 4. The van der Waals surface area contributed by atoms with Crippen molar-refractivity contribution in [3.8, 4) is 28.4 Å². The van der Waals surface area contributed by atoms with E-state index in [4.69, 9.17) is 25.8 Å². The van der Waals surface area contributed by atoms with Gasteiger partial charge in [-0.25, -0.2) is 0 Å². The number of carbonyl (C=O) groups is 1. The Kier molecular flexibility index (Phi) is 6.98. The molecule has 6 heteroatoms. The van der Waals surface area contributed by atoms with Crippen molar-refractivity contribution >= 4 is 17.5 Å². The lowest BCUT2D eigenvalue weighted by Crippen LogP contribution is -2.28. The summed E-state index contributed by atoms with van der Waals surface area (Å²) in [6, 6.07) is 20.9. The minimum Gasteiger partial charge on any atom is -0.493 e. The molecule has 3 rings (SSSR count). The molecule has 150 valence electrons. The number of halogens is 1. The van der Waals surface area contributed by atoms with Crippen LogP contribution in [-0.4, -0.2) is 26.7 Å². The van der Waals surface area contributed by atoms with Gasteiger partial charge in [-0.1, -0.05) is 60.1 Å². The van der Waals surface area contributed by atoms with E-state index in [1.807, 2.05) is 54.6 Å². The molecule has 1 N–H and O–H groups in total. The molecule has 0 radical (unpaired) electrons. The van der Waals surface area contributed by atoms with Gasteiger partial charge in [-0.05, 0) is 29.3 Å². The zero-order valence-corrected chi connectivity index (χ0v) is 17.0. The second kappa shape index (κ2) is 9.85. The molecular weight excluding hydrogens is 390 g/mol. The highest BCUT2D eigenvalue weighted by molar-refractivity contribution is 6.32. The van der Waals surface area contributed by atoms with Gasteiger partial charge in [0.2, 0.25) is 0 Å². The van der Waals surface area contributed by atoms with E-state index in [0.29, 0.717) is 28.8 Å². The molecule has 0 bridgehead atoms. The van der Waals surface area contributed by atoms with Gasteiger partial charge < -0.3 is 19.5 Å². The Balaban J connectivity index is 1.57. The van der Waals surface area contributed by atoms with Crippen LogP contribution in [0, 0.1) is 0 Å². The SMILES string of the molecule is COc1cccc(CNC(=O)COc2ccc(-c3ccccc3)cc2Cl)c1OC. The van der Waals surface area contributed by atoms with Crippen LogP contribution in [0.5, 0.6) is 17.2 Å². The van der Waals surface area contributed by atoms with E-state index in [0.717, 1.165) is 16.7 Å². The Morgan fingerprint density at radius 3 is 2.38 bits per heavy atom. The lowest BCUT2D eigenvalue weighted by molar-refractivity contribution is -0.123. The van der Waals surface area contributed by atoms with Crippen LogP contribution < -0.4 is 19.5 Å². The fourth-order valence-corrected chi connectivity index (χ4v) is 3.14. The lowest BCUT2D eigenvalue weighted by Gasteiger charge is -2.13. The van der Waals surface area contributed by atoms with Crippen molar-refractivity contribution in [1.29, 1.82) is 0 Å². The summed E-state index contributed by atoms with van der Waals surface area (Å²) < 4.78 is 16.2. The predicted octanol–water partition coefficient (Wildman–Crippen LogP) is 4.72. The van der Waals surface area contributed by atoms with Crippen molar-refractivity contribution in [2.75, 3.05) is 20.8 Å². The molecule has 0 saturated heterocycles. The van der Waals surface area contributed by atoms with Crippen LogP contribution in [0.15, 0.2) is 66.7 Å². The average Bonchev–Trinajstić information content (AvgIpc) is 2.76. The number of nitrogens with one attached hydrogen (secondary N) is 1. The summed E-state index contributed by atoms with van der Waals surface area (Å²) in [5.41, 5.74) is 2.86. The van der Waals surface area contributed by atoms with Gasteiger partial charge in [-0.3, -0.25) is 4.79 Å². The molecule has 0 spiro atoms. The molecule has 0 unspecified atom stereocenters. The molecule has 29 heavy (non-hydrogen) atoms. The first-order valence-corrected chi connectivity index (χ1v) is 9.44. The van der Waals surface area contributed by atoms with Crippen molar-refractivity contribution in [3.05, 3.63) is 77.3 Å². The van der Waals surface area contributed by atoms with Crippen LogP contribution in [0.25, 0.3) is 11.1 Å². The number of carbonyl (C=O) groups excluding carboxylic acids is 1. The van der Waals surface area contributed by atoms with Gasteiger partial charge >= 0.3 is 0 Å². The first-order chi connectivity index (χ1) is 14.1. The first-order valence-electron chi connectivity index (χ1n) is 9.06. The van der Waals surface area contributed by atoms with E-state index in [9.17, 15) is 4.79 Å². The predicted molar refractivity (Wildman–Crippen MR) is 114 cm³/mol. The molecule has 3 aromatic carbocycles. The van der Waals surface area contributed by atoms with Crippen molar-refractivity contribution in [2.45, 2.75) is 6.54 Å². The normalized spacial score (nSPS) is 10.3. The third-order valence-corrected chi connectivity index (χ3v) is 4.65. The van der Waals surface area contributed by atoms with Gasteiger partial charge in [0.1, 0.15) is 5.75 Å². The van der Waals surface area contributed by atoms with Crippen LogP contribution in [0.1, 0.15) is 5.56 Å². The van der Waals surface area contributed by atoms with Gasteiger partial charge in [0, 0.05) is 12.1 Å². The summed E-state index contributed by atoms with van der Waals surface area (Å²) in [4.78, 5) is 12.2. The van der Waals surface area contributed by atoms with E-state index < -0.39 is 0 Å². The van der Waals surface area contributed by atoms with Crippen molar-refractivity contribution in [3.63, 3.8) is 0 Å². The number of rotatable bonds is 8. The highest BCUT2D eigenvalue weighted by atomic mass is 35.5. The summed E-state index contributed by atoms with van der Waals surface area (Å²) in [6.45, 7) is 0.153. The van der Waals surface area contributed by atoms with E-state index in [-0.39, 0.29) is 12.5 Å². The number of para-hydroxylation sites is 1. The maximum atomic E-state index is 12.2. The average molecular weight is 412 g/mol. The third-order valence-electron chi connectivity index (χ3n) is 4.36. The summed E-state index contributed by atoms with van der Waals surface area (Å²) in [6.07, 6.45) is 0. The highest BCUT2D eigenvalue weighted by Crippen LogP contribution is 2.31. The number of amides is 1. The summed E-state index contributed by atoms with van der Waals surface area (Å²) in [5, 5.41) is 3.26. The molecule has 0 aliphatic carbocycles. The Morgan fingerprint density at radius 2 is 1.69 bits per heavy atom. The molecule has 0 aliphatic heterocycles. The van der Waals surface area contributed by atoms with Gasteiger partial charge in [-0.15, -0.1) is 0 Å². The minimum atomic E-state index is -0.266. The van der Waals surface area contributed by atoms with Crippen LogP contribution in [-0.2, 0) is 11.3 Å². The molecule has 0 fully saturated rings. The number of benzene rings is 3. The molecule has 5 nitrogen and oxygen atoms in total. The zero-order valence-electron chi connectivity index (χ0n) is 16.3. The maximum absolute atomic E-state index is 12.2. The minimum absolute atomic E-state index is 0.142. The molecule has 0 heterocycles. The van der Waals surface area contributed by atoms with E-state index >= 15 is 0 Å². The Bertz CT molecular complexity index is 976. The molecule has 0 aromatic heterocycles. The number of ether oxygens (including phenoxy) is 3. The molecular formula is C23H22ClNO4. The standard InChI is InChI=1S/C23H22ClNO4/c1-27-21-10-6-9-18(23(21)28-2)14-25-22(26)15-29-20-12-11-17(13-19(20)24)16-7-4-3-5-8-16/h3-13H,14-15H2,1-2H3,(H,25,26). The zero-order chi connectivity index (χ0) is 20.6. The fraction of sp³-hybridized carbons (Fsp3) is 0.174. The van der Waals surface area contributed by atoms with E-state index in [1.54, 1.807) is 26.4 Å². The van der Waals surface area contributed by atoms with Gasteiger partial charge in [0.25, 0.3) is 5.91 Å². The van der Waals surface area contributed by atoms with Crippen LogP contribution in [0.3, 0.4) is 0 Å². The smallest absolute Gasteiger partial charge is 0.258 e. The fourth-order valence-electron chi connectivity index (χ4n) is 2.91. The number of methoxy groups -OCH3 is 2. The van der Waals surface area contributed by atoms with Gasteiger partial charge in [0.05, 0.1) is 19.2 Å². The quantitative estimate of drug-likeness (QED) is 0.582. The third kappa shape index (κ3) is 5.21. The van der Waals surface area contributed by atoms with E-state index in [1.165, 1.54) is 0 Å². The summed E-state index contributed by atoms with van der Waals surface area (Å²) in [7, 11) is 3.13. The molecule has 3 aromatic rings. The van der Waals surface area contributed by atoms with Crippen LogP contribution >= 0.6 is 11.6 Å². The van der Waals surface area contributed by atoms with Crippen LogP contribution in [0.4, 0.5) is 0 Å². The number of hydrogen-bond donors (Lipinski definition) is 1. The van der Waals surface area contributed by atoms with Crippen molar-refractivity contribution in [2.24, 2.45) is 0 Å². The molecule has 1 amide bonds. The first kappa shape index (κ1) is 20.6. The monoisotopic (exact) mass is 411 g/mol. The van der Waals surface area contributed by atoms with Gasteiger partial charge in [-0.2, -0.15) is 0 Å².